The maximum Gasteiger partial charge on any atom is 0.262 e. The Morgan fingerprint density at radius 3 is 2.89 bits per heavy atom. The van der Waals surface area contributed by atoms with Crippen molar-refractivity contribution in [2.45, 2.75) is 44.1 Å². The van der Waals surface area contributed by atoms with Crippen LogP contribution in [-0.2, 0) is 6.42 Å². The van der Waals surface area contributed by atoms with Gasteiger partial charge in [0.05, 0.1) is 31.5 Å². The molecule has 1 aliphatic rings. The molecule has 0 bridgehead atoms. The fraction of sp³-hybridized carbons (Fsp3) is 0.444. The van der Waals surface area contributed by atoms with Gasteiger partial charge in [-0.2, -0.15) is 5.10 Å². The Morgan fingerprint density at radius 1 is 1.37 bits per heavy atom. The molecule has 0 amide bonds. The molecule has 0 atom stereocenters. The highest BCUT2D eigenvalue weighted by atomic mass is 19.3. The Hall–Kier alpha value is -2.84. The van der Waals surface area contributed by atoms with E-state index in [4.69, 9.17) is 4.74 Å². The number of halogens is 2. The van der Waals surface area contributed by atoms with E-state index in [9.17, 15) is 13.6 Å². The van der Waals surface area contributed by atoms with Gasteiger partial charge in [0.2, 0.25) is 5.92 Å². The lowest BCUT2D eigenvalue weighted by Crippen LogP contribution is -2.27. The molecule has 3 heterocycles. The molecule has 0 aromatic carbocycles. The van der Waals surface area contributed by atoms with Crippen LogP contribution in [0.4, 0.5) is 8.78 Å². The number of ether oxygens (including phenoxy) is 1. The van der Waals surface area contributed by atoms with Gasteiger partial charge < -0.3 is 9.72 Å². The second-order valence-corrected chi connectivity index (χ2v) is 6.76. The molecular weight excluding hydrogens is 356 g/mol. The molecule has 9 heteroatoms. The van der Waals surface area contributed by atoms with E-state index in [2.05, 4.69) is 20.1 Å². The summed E-state index contributed by atoms with van der Waals surface area (Å²) in [6, 6.07) is 3.36. The molecule has 0 aliphatic heterocycles. The average molecular weight is 375 g/mol. The number of hydrogen-bond acceptors (Lipinski definition) is 5. The van der Waals surface area contributed by atoms with E-state index in [0.29, 0.717) is 41.1 Å². The fourth-order valence-electron chi connectivity index (χ4n) is 3.50. The molecule has 0 unspecified atom stereocenters. The number of aromatic amines is 1. The number of H-pyrrole nitrogens is 1. The number of pyridine rings is 1. The first-order valence-electron chi connectivity index (χ1n) is 8.79. The molecule has 1 fully saturated rings. The molecule has 27 heavy (non-hydrogen) atoms. The van der Waals surface area contributed by atoms with E-state index < -0.39 is 5.92 Å². The van der Waals surface area contributed by atoms with Crippen molar-refractivity contribution in [1.82, 2.24) is 24.7 Å². The Labute approximate surface area is 153 Å². The highest BCUT2D eigenvalue weighted by molar-refractivity contribution is 5.73. The van der Waals surface area contributed by atoms with Crippen molar-refractivity contribution in [2.75, 3.05) is 7.11 Å². The van der Waals surface area contributed by atoms with Crippen molar-refractivity contribution in [1.29, 1.82) is 0 Å². The Kier molecular flexibility index (Phi) is 4.37. The SMILES string of the molecule is COc1cccnc1Cc1nc2c(cnn2C2CCC(F)(F)CC2)c(=O)[nH]1. The zero-order valence-electron chi connectivity index (χ0n) is 14.8. The van der Waals surface area contributed by atoms with Crippen molar-refractivity contribution in [3.63, 3.8) is 0 Å². The van der Waals surface area contributed by atoms with Gasteiger partial charge in [-0.3, -0.25) is 9.78 Å². The molecule has 1 N–H and O–H groups in total. The maximum absolute atomic E-state index is 13.5. The quantitative estimate of drug-likeness (QED) is 0.758. The average Bonchev–Trinajstić information content (AvgIpc) is 3.07. The minimum atomic E-state index is -2.62. The topological polar surface area (TPSA) is 85.7 Å². The smallest absolute Gasteiger partial charge is 0.262 e. The van der Waals surface area contributed by atoms with Crippen LogP contribution < -0.4 is 10.3 Å². The molecule has 7 nitrogen and oxygen atoms in total. The minimum absolute atomic E-state index is 0.180. The molecule has 142 valence electrons. The van der Waals surface area contributed by atoms with E-state index in [0.717, 1.165) is 0 Å². The predicted molar refractivity (Wildman–Crippen MR) is 94.2 cm³/mol. The molecule has 3 aromatic rings. The van der Waals surface area contributed by atoms with Crippen LogP contribution in [0.25, 0.3) is 11.0 Å². The van der Waals surface area contributed by atoms with Crippen LogP contribution in [0, 0.1) is 0 Å². The zero-order chi connectivity index (χ0) is 19.0. The van der Waals surface area contributed by atoms with Gasteiger partial charge in [-0.25, -0.2) is 18.4 Å². The van der Waals surface area contributed by atoms with Gasteiger partial charge in [0.15, 0.2) is 5.65 Å². The van der Waals surface area contributed by atoms with Crippen molar-refractivity contribution in [2.24, 2.45) is 0 Å². The summed E-state index contributed by atoms with van der Waals surface area (Å²) in [5.41, 5.74) is 0.752. The van der Waals surface area contributed by atoms with E-state index in [1.165, 1.54) is 6.20 Å². The molecule has 0 saturated heterocycles. The van der Waals surface area contributed by atoms with Gasteiger partial charge in [0.25, 0.3) is 5.56 Å². The Balaban J connectivity index is 1.69. The van der Waals surface area contributed by atoms with Gasteiger partial charge >= 0.3 is 0 Å². The Morgan fingerprint density at radius 2 is 2.15 bits per heavy atom. The highest BCUT2D eigenvalue weighted by Crippen LogP contribution is 2.38. The molecule has 4 rings (SSSR count). The molecule has 0 spiro atoms. The van der Waals surface area contributed by atoms with E-state index in [1.807, 2.05) is 0 Å². The summed E-state index contributed by atoms with van der Waals surface area (Å²) in [6.45, 7) is 0. The van der Waals surface area contributed by atoms with E-state index in [-0.39, 0.29) is 30.9 Å². The normalized spacial score (nSPS) is 17.3. The third-order valence-electron chi connectivity index (χ3n) is 4.95. The van der Waals surface area contributed by atoms with Gasteiger partial charge in [-0.15, -0.1) is 0 Å². The fourth-order valence-corrected chi connectivity index (χ4v) is 3.50. The Bertz CT molecular complexity index is 1020. The molecule has 1 aliphatic carbocycles. The maximum atomic E-state index is 13.5. The van der Waals surface area contributed by atoms with E-state index in [1.54, 1.807) is 30.1 Å². The summed E-state index contributed by atoms with van der Waals surface area (Å²) < 4.78 is 33.8. The number of methoxy groups -OCH3 is 1. The minimum Gasteiger partial charge on any atom is -0.495 e. The van der Waals surface area contributed by atoms with Crippen LogP contribution in [0.2, 0.25) is 0 Å². The van der Waals surface area contributed by atoms with Crippen molar-refractivity contribution < 1.29 is 13.5 Å². The summed E-state index contributed by atoms with van der Waals surface area (Å²) in [6.07, 6.45) is 3.62. The first kappa shape index (κ1) is 17.6. The van der Waals surface area contributed by atoms with Crippen molar-refractivity contribution in [3.05, 3.63) is 46.4 Å². The summed E-state index contributed by atoms with van der Waals surface area (Å²) in [5.74, 6) is -1.60. The number of hydrogen-bond donors (Lipinski definition) is 1. The van der Waals surface area contributed by atoms with Gasteiger partial charge in [-0.05, 0) is 25.0 Å². The number of nitrogens with zero attached hydrogens (tertiary/aromatic N) is 4. The van der Waals surface area contributed by atoms with Crippen LogP contribution in [0.3, 0.4) is 0 Å². The van der Waals surface area contributed by atoms with Crippen LogP contribution in [0.15, 0.2) is 29.3 Å². The number of nitrogens with one attached hydrogen (secondary N) is 1. The van der Waals surface area contributed by atoms with Crippen LogP contribution in [0.5, 0.6) is 5.75 Å². The molecule has 3 aromatic heterocycles. The van der Waals surface area contributed by atoms with E-state index >= 15 is 0 Å². The molecule has 1 saturated carbocycles. The van der Waals surface area contributed by atoms with Crippen LogP contribution >= 0.6 is 0 Å². The highest BCUT2D eigenvalue weighted by Gasteiger charge is 2.36. The third-order valence-corrected chi connectivity index (χ3v) is 4.95. The molecule has 0 radical (unpaired) electrons. The summed E-state index contributed by atoms with van der Waals surface area (Å²) in [7, 11) is 1.55. The lowest BCUT2D eigenvalue weighted by Gasteiger charge is -2.28. The summed E-state index contributed by atoms with van der Waals surface area (Å²) in [4.78, 5) is 24.0. The van der Waals surface area contributed by atoms with Gasteiger partial charge in [-0.1, -0.05) is 0 Å². The summed E-state index contributed by atoms with van der Waals surface area (Å²) >= 11 is 0. The van der Waals surface area contributed by atoms with Gasteiger partial charge in [0, 0.05) is 19.0 Å². The predicted octanol–water partition coefficient (Wildman–Crippen LogP) is 2.86. The van der Waals surface area contributed by atoms with Gasteiger partial charge in [0.1, 0.15) is 17.0 Å². The second kappa shape index (κ2) is 6.71. The first-order chi connectivity index (χ1) is 13.0. The first-order valence-corrected chi connectivity index (χ1v) is 8.79. The largest absolute Gasteiger partial charge is 0.495 e. The number of fused-ring (bicyclic) bond motifs is 1. The van der Waals surface area contributed by atoms with Crippen molar-refractivity contribution in [3.8, 4) is 5.75 Å². The lowest BCUT2D eigenvalue weighted by atomic mass is 9.92. The van der Waals surface area contributed by atoms with Crippen LogP contribution in [-0.4, -0.2) is 37.8 Å². The number of rotatable bonds is 4. The van der Waals surface area contributed by atoms with Crippen molar-refractivity contribution >= 4 is 11.0 Å². The number of aromatic nitrogens is 5. The third kappa shape index (κ3) is 3.41. The zero-order valence-corrected chi connectivity index (χ0v) is 14.8. The number of alkyl halides is 2. The lowest BCUT2D eigenvalue weighted by molar-refractivity contribution is -0.0446. The second-order valence-electron chi connectivity index (χ2n) is 6.76. The van der Waals surface area contributed by atoms with Crippen LogP contribution in [0.1, 0.15) is 43.2 Å². The monoisotopic (exact) mass is 375 g/mol. The standard InChI is InChI=1S/C18H19F2N5O2/c1-27-14-3-2-8-21-13(14)9-15-23-16-12(17(26)24-15)10-22-25(16)11-4-6-18(19,20)7-5-11/h2-3,8,10-11H,4-7,9H2,1H3,(H,23,24,26). The summed E-state index contributed by atoms with van der Waals surface area (Å²) in [5, 5.41) is 4.61. The molecular formula is C18H19F2N5O2.